The number of hydrogen-bond donors (Lipinski definition) is 5. The number of carbonyl (C=O) groups is 2. The molecule has 0 aliphatic rings. The van der Waals surface area contributed by atoms with Crippen molar-refractivity contribution in [1.29, 1.82) is 0 Å². The molecule has 7 heteroatoms. The first-order valence-corrected chi connectivity index (χ1v) is 4.59. The van der Waals surface area contributed by atoms with Gasteiger partial charge in [-0.2, -0.15) is 0 Å². The Labute approximate surface area is 98.7 Å². The summed E-state index contributed by atoms with van der Waals surface area (Å²) in [6.45, 7) is 1.61. The second-order valence-corrected chi connectivity index (χ2v) is 2.68. The molecule has 5 N–H and O–H groups in total. The van der Waals surface area contributed by atoms with E-state index in [2.05, 4.69) is 11.9 Å². The number of hydrogen-bond acceptors (Lipinski definition) is 5. The number of amides is 1. The van der Waals surface area contributed by atoms with Crippen molar-refractivity contribution in [3.8, 4) is 0 Å². The Kier molecular flexibility index (Phi) is 11.2. The number of nitrogens with one attached hydrogen (secondary N) is 1. The number of aliphatic hydroxyl groups is 3. The molecule has 0 aromatic heterocycles. The van der Waals surface area contributed by atoms with Crippen LogP contribution in [0.3, 0.4) is 0 Å². The van der Waals surface area contributed by atoms with Crippen LogP contribution in [-0.2, 0) is 9.59 Å². The van der Waals surface area contributed by atoms with Gasteiger partial charge in [0.1, 0.15) is 0 Å². The maximum absolute atomic E-state index is 11.0. The van der Waals surface area contributed by atoms with E-state index in [9.17, 15) is 9.59 Å². The minimum Gasteiger partial charge on any atom is -0.478 e. The van der Waals surface area contributed by atoms with E-state index in [0.29, 0.717) is 0 Å². The van der Waals surface area contributed by atoms with Crippen molar-refractivity contribution >= 4 is 11.9 Å². The SMILES string of the molecule is C=CC(=O)O.CNC(=O)C(CO)=C(CO)CO. The molecule has 0 unspecified atom stereocenters. The number of carboxylic acid groups (broad SMARTS) is 1. The maximum atomic E-state index is 11.0. The predicted octanol–water partition coefficient (Wildman–Crippen LogP) is -1.74. The highest BCUT2D eigenvalue weighted by Gasteiger charge is 2.11. The summed E-state index contributed by atoms with van der Waals surface area (Å²) < 4.78 is 0. The second-order valence-electron chi connectivity index (χ2n) is 2.68. The number of carboxylic acids is 1. The molecule has 0 saturated heterocycles. The van der Waals surface area contributed by atoms with Gasteiger partial charge in [0.15, 0.2) is 0 Å². The van der Waals surface area contributed by atoms with Gasteiger partial charge in [0.25, 0.3) is 0 Å². The van der Waals surface area contributed by atoms with Crippen molar-refractivity contribution in [2.45, 2.75) is 0 Å². The van der Waals surface area contributed by atoms with Gasteiger partial charge in [-0.25, -0.2) is 4.79 Å². The molecule has 17 heavy (non-hydrogen) atoms. The zero-order valence-corrected chi connectivity index (χ0v) is 9.51. The molecule has 0 aliphatic heterocycles. The molecule has 0 fully saturated rings. The van der Waals surface area contributed by atoms with E-state index >= 15 is 0 Å². The van der Waals surface area contributed by atoms with Crippen LogP contribution in [0, 0.1) is 0 Å². The third-order valence-electron chi connectivity index (χ3n) is 1.64. The molecule has 0 bridgehead atoms. The van der Waals surface area contributed by atoms with Crippen LogP contribution in [0.5, 0.6) is 0 Å². The standard InChI is InChI=1S/C7H13NO4.C3H4O2/c1-8-7(12)6(4-11)5(2-9)3-10;1-2-3(4)5/h9-11H,2-4H2,1H3,(H,8,12);2H,1H2,(H,4,5). The Morgan fingerprint density at radius 3 is 1.76 bits per heavy atom. The second kappa shape index (κ2) is 10.8. The molecule has 0 rings (SSSR count). The molecule has 0 atom stereocenters. The Bertz CT molecular complexity index is 291. The van der Waals surface area contributed by atoms with E-state index < -0.39 is 31.7 Å². The normalized spacial score (nSPS) is 8.47. The van der Waals surface area contributed by atoms with Crippen molar-refractivity contribution in [2.24, 2.45) is 0 Å². The van der Waals surface area contributed by atoms with Gasteiger partial charge >= 0.3 is 5.97 Å². The van der Waals surface area contributed by atoms with E-state index in [0.717, 1.165) is 6.08 Å². The minimum atomic E-state index is -0.981. The Balaban J connectivity index is 0. The molecule has 1 amide bonds. The number of aliphatic hydroxyl groups excluding tert-OH is 3. The Hall–Kier alpha value is -1.70. The van der Waals surface area contributed by atoms with Gasteiger partial charge in [-0.3, -0.25) is 4.79 Å². The topological polar surface area (TPSA) is 127 Å². The highest BCUT2D eigenvalue weighted by Crippen LogP contribution is 2.02. The van der Waals surface area contributed by atoms with Gasteiger partial charge in [-0.05, 0) is 5.57 Å². The van der Waals surface area contributed by atoms with Crippen molar-refractivity contribution in [1.82, 2.24) is 5.32 Å². The predicted molar refractivity (Wildman–Crippen MR) is 60.2 cm³/mol. The molecule has 0 spiro atoms. The molecule has 0 aliphatic carbocycles. The zero-order chi connectivity index (χ0) is 13.8. The Morgan fingerprint density at radius 2 is 1.59 bits per heavy atom. The van der Waals surface area contributed by atoms with Crippen molar-refractivity contribution in [3.63, 3.8) is 0 Å². The van der Waals surface area contributed by atoms with Gasteiger partial charge in [-0.15, -0.1) is 0 Å². The lowest BCUT2D eigenvalue weighted by molar-refractivity contribution is -0.131. The van der Waals surface area contributed by atoms with Gasteiger partial charge < -0.3 is 25.7 Å². The quantitative estimate of drug-likeness (QED) is 0.367. The lowest BCUT2D eigenvalue weighted by atomic mass is 10.1. The van der Waals surface area contributed by atoms with Gasteiger partial charge in [-0.1, -0.05) is 6.58 Å². The lowest BCUT2D eigenvalue weighted by Gasteiger charge is -2.07. The van der Waals surface area contributed by atoms with E-state index in [-0.39, 0.29) is 11.1 Å². The van der Waals surface area contributed by atoms with Crippen molar-refractivity contribution in [3.05, 3.63) is 23.8 Å². The van der Waals surface area contributed by atoms with Crippen LogP contribution < -0.4 is 5.32 Å². The van der Waals surface area contributed by atoms with Gasteiger partial charge in [0.05, 0.1) is 19.8 Å². The highest BCUT2D eigenvalue weighted by molar-refractivity contribution is 5.94. The van der Waals surface area contributed by atoms with E-state index in [1.807, 2.05) is 0 Å². The van der Waals surface area contributed by atoms with Crippen LogP contribution >= 0.6 is 0 Å². The molecule has 7 nitrogen and oxygen atoms in total. The number of rotatable bonds is 5. The molecule has 0 aromatic rings. The fourth-order valence-corrected chi connectivity index (χ4v) is 0.736. The fraction of sp³-hybridized carbons (Fsp3) is 0.400. The highest BCUT2D eigenvalue weighted by atomic mass is 16.4. The third-order valence-corrected chi connectivity index (χ3v) is 1.64. The van der Waals surface area contributed by atoms with Crippen molar-refractivity contribution < 1.29 is 30.0 Å². The summed E-state index contributed by atoms with van der Waals surface area (Å²) in [4.78, 5) is 20.2. The average Bonchev–Trinajstić information content (AvgIpc) is 2.35. The van der Waals surface area contributed by atoms with E-state index in [1.165, 1.54) is 7.05 Å². The number of carbonyl (C=O) groups excluding carboxylic acids is 1. The first kappa shape index (κ1) is 17.7. The third kappa shape index (κ3) is 8.14. The summed E-state index contributed by atoms with van der Waals surface area (Å²) in [5.41, 5.74) is 0.152. The molecule has 0 radical (unpaired) electrons. The van der Waals surface area contributed by atoms with Crippen LogP contribution in [0.25, 0.3) is 0 Å². The monoisotopic (exact) mass is 247 g/mol. The fourth-order valence-electron chi connectivity index (χ4n) is 0.736. The average molecular weight is 247 g/mol. The summed E-state index contributed by atoms with van der Waals surface area (Å²) in [7, 11) is 1.41. The summed E-state index contributed by atoms with van der Waals surface area (Å²) in [6, 6.07) is 0. The van der Waals surface area contributed by atoms with E-state index in [1.54, 1.807) is 0 Å². The summed E-state index contributed by atoms with van der Waals surface area (Å²) >= 11 is 0. The molecule has 0 aromatic carbocycles. The van der Waals surface area contributed by atoms with Crippen LogP contribution in [-0.4, -0.2) is 59.2 Å². The first-order valence-electron chi connectivity index (χ1n) is 4.59. The van der Waals surface area contributed by atoms with Gasteiger partial charge in [0.2, 0.25) is 5.91 Å². The van der Waals surface area contributed by atoms with Crippen LogP contribution in [0.2, 0.25) is 0 Å². The van der Waals surface area contributed by atoms with Crippen LogP contribution in [0.1, 0.15) is 0 Å². The van der Waals surface area contributed by atoms with Gasteiger partial charge in [0, 0.05) is 18.7 Å². The summed E-state index contributed by atoms with van der Waals surface area (Å²) in [5.74, 6) is -1.47. The number of aliphatic carboxylic acids is 1. The largest absolute Gasteiger partial charge is 0.478 e. The first-order chi connectivity index (χ1) is 7.98. The van der Waals surface area contributed by atoms with Crippen LogP contribution in [0.15, 0.2) is 23.8 Å². The Morgan fingerprint density at radius 1 is 1.18 bits per heavy atom. The minimum absolute atomic E-state index is 0.0162. The number of likely N-dealkylation sites (N-methyl/N-ethyl adjacent to an activating group) is 1. The molecule has 0 heterocycles. The molecule has 98 valence electrons. The summed E-state index contributed by atoms with van der Waals surface area (Å²) in [5, 5.41) is 35.9. The van der Waals surface area contributed by atoms with Crippen LogP contribution in [0.4, 0.5) is 0 Å². The zero-order valence-electron chi connectivity index (χ0n) is 9.51. The molecular weight excluding hydrogens is 230 g/mol. The lowest BCUT2D eigenvalue weighted by Crippen LogP contribution is -2.25. The van der Waals surface area contributed by atoms with E-state index in [4.69, 9.17) is 20.4 Å². The van der Waals surface area contributed by atoms with Crippen molar-refractivity contribution in [2.75, 3.05) is 26.9 Å². The molecular formula is C10H17NO6. The molecule has 0 saturated carbocycles. The smallest absolute Gasteiger partial charge is 0.327 e. The summed E-state index contributed by atoms with van der Waals surface area (Å²) in [6.07, 6.45) is 0.833. The maximum Gasteiger partial charge on any atom is 0.327 e.